The number of hydrogen-bond acceptors (Lipinski definition) is 4. The maximum Gasteiger partial charge on any atom is 0.252 e. The molecule has 0 bridgehead atoms. The molecular formula is C22H27N5O. The van der Waals surface area contributed by atoms with Gasteiger partial charge in [-0.1, -0.05) is 30.3 Å². The Labute approximate surface area is 165 Å². The number of pyridine rings is 1. The molecule has 3 aromatic rings. The molecule has 0 radical (unpaired) electrons. The van der Waals surface area contributed by atoms with E-state index < -0.39 is 0 Å². The van der Waals surface area contributed by atoms with Crippen LogP contribution >= 0.6 is 0 Å². The van der Waals surface area contributed by atoms with Crippen molar-refractivity contribution in [1.29, 1.82) is 0 Å². The molecule has 146 valence electrons. The van der Waals surface area contributed by atoms with E-state index in [2.05, 4.69) is 29.6 Å². The van der Waals surface area contributed by atoms with E-state index in [-0.39, 0.29) is 11.9 Å². The smallest absolute Gasteiger partial charge is 0.252 e. The molecular weight excluding hydrogens is 350 g/mol. The molecule has 0 spiro atoms. The fraction of sp³-hybridized carbons (Fsp3) is 0.409. The molecule has 1 aromatic carbocycles. The van der Waals surface area contributed by atoms with Crippen LogP contribution in [0.4, 0.5) is 0 Å². The second-order valence-corrected chi connectivity index (χ2v) is 7.76. The Balaban J connectivity index is 1.70. The van der Waals surface area contributed by atoms with Crippen molar-refractivity contribution in [2.75, 3.05) is 19.6 Å². The molecule has 1 saturated heterocycles. The minimum atomic E-state index is -0.0570. The third-order valence-electron chi connectivity index (χ3n) is 5.32. The van der Waals surface area contributed by atoms with Gasteiger partial charge in [0.25, 0.3) is 5.91 Å². The molecule has 3 heterocycles. The summed E-state index contributed by atoms with van der Waals surface area (Å²) >= 11 is 0. The number of rotatable bonds is 5. The fourth-order valence-electron chi connectivity index (χ4n) is 3.77. The molecule has 1 atom stereocenters. The van der Waals surface area contributed by atoms with Gasteiger partial charge in [-0.2, -0.15) is 5.10 Å². The molecule has 6 nitrogen and oxygen atoms in total. The van der Waals surface area contributed by atoms with Gasteiger partial charge in [-0.3, -0.25) is 4.79 Å². The molecule has 0 saturated carbocycles. The van der Waals surface area contributed by atoms with E-state index in [4.69, 9.17) is 4.98 Å². The van der Waals surface area contributed by atoms with Crippen LogP contribution in [0.25, 0.3) is 22.3 Å². The van der Waals surface area contributed by atoms with Gasteiger partial charge in [0.05, 0.1) is 22.8 Å². The Morgan fingerprint density at radius 3 is 2.86 bits per heavy atom. The Morgan fingerprint density at radius 2 is 2.14 bits per heavy atom. The number of carbonyl (C=O) groups is 1. The van der Waals surface area contributed by atoms with Gasteiger partial charge in [-0.05, 0) is 51.8 Å². The van der Waals surface area contributed by atoms with E-state index in [1.807, 2.05) is 41.1 Å². The average molecular weight is 377 g/mol. The van der Waals surface area contributed by atoms with Crippen LogP contribution in [-0.4, -0.2) is 40.3 Å². The summed E-state index contributed by atoms with van der Waals surface area (Å²) in [6.45, 7) is 6.86. The van der Waals surface area contributed by atoms with Crippen molar-refractivity contribution >= 4 is 16.9 Å². The van der Waals surface area contributed by atoms with E-state index >= 15 is 0 Å². The molecule has 4 rings (SSSR count). The normalized spacial score (nSPS) is 17.2. The number of nitrogens with one attached hydrogen (secondary N) is 2. The van der Waals surface area contributed by atoms with Crippen molar-refractivity contribution in [3.05, 3.63) is 48.2 Å². The van der Waals surface area contributed by atoms with Gasteiger partial charge < -0.3 is 10.6 Å². The van der Waals surface area contributed by atoms with Gasteiger partial charge >= 0.3 is 0 Å². The van der Waals surface area contributed by atoms with Gasteiger partial charge in [-0.25, -0.2) is 9.67 Å². The third-order valence-corrected chi connectivity index (χ3v) is 5.32. The van der Waals surface area contributed by atoms with Crippen molar-refractivity contribution < 1.29 is 4.79 Å². The molecule has 0 aliphatic carbocycles. The van der Waals surface area contributed by atoms with Crippen molar-refractivity contribution in [3.63, 3.8) is 0 Å². The van der Waals surface area contributed by atoms with Crippen LogP contribution in [0.1, 0.15) is 43.1 Å². The lowest BCUT2D eigenvalue weighted by Crippen LogP contribution is -2.38. The van der Waals surface area contributed by atoms with Gasteiger partial charge in [0.1, 0.15) is 0 Å². The lowest BCUT2D eigenvalue weighted by atomic mass is 9.99. The fourth-order valence-corrected chi connectivity index (χ4v) is 3.77. The van der Waals surface area contributed by atoms with E-state index in [0.29, 0.717) is 18.0 Å². The van der Waals surface area contributed by atoms with Crippen molar-refractivity contribution in [2.45, 2.75) is 32.7 Å². The summed E-state index contributed by atoms with van der Waals surface area (Å²) in [7, 11) is 0. The highest BCUT2D eigenvalue weighted by molar-refractivity contribution is 6.06. The number of amides is 1. The predicted molar refractivity (Wildman–Crippen MR) is 111 cm³/mol. The maximum atomic E-state index is 13.1. The number of aromatic nitrogens is 3. The lowest BCUT2D eigenvalue weighted by Gasteiger charge is -2.23. The minimum Gasteiger partial charge on any atom is -0.352 e. The van der Waals surface area contributed by atoms with Crippen molar-refractivity contribution in [1.82, 2.24) is 25.4 Å². The van der Waals surface area contributed by atoms with Gasteiger partial charge in [0.15, 0.2) is 5.65 Å². The standard InChI is InChI=1S/C22H27N5O/c1-15(2)27-21-19(14-25-27)18(11-20(26-21)17-8-4-3-5-9-17)22(28)24-13-16-7-6-10-23-12-16/h3-5,8-9,11,14-16,23H,6-7,10,12-13H2,1-2H3,(H,24,28). The van der Waals surface area contributed by atoms with E-state index in [1.165, 1.54) is 6.42 Å². The zero-order valence-electron chi connectivity index (χ0n) is 16.5. The molecule has 1 aliphatic rings. The Kier molecular flexibility index (Phi) is 5.39. The molecule has 6 heteroatoms. The first-order chi connectivity index (χ1) is 13.6. The molecule has 1 unspecified atom stereocenters. The molecule has 1 amide bonds. The van der Waals surface area contributed by atoms with E-state index in [0.717, 1.165) is 41.8 Å². The van der Waals surface area contributed by atoms with Crippen molar-refractivity contribution in [2.24, 2.45) is 5.92 Å². The number of nitrogens with zero attached hydrogens (tertiary/aromatic N) is 3. The highest BCUT2D eigenvalue weighted by atomic mass is 16.1. The summed E-state index contributed by atoms with van der Waals surface area (Å²) in [4.78, 5) is 17.9. The summed E-state index contributed by atoms with van der Waals surface area (Å²) in [5.41, 5.74) is 3.17. The second kappa shape index (κ2) is 8.10. The molecule has 1 aliphatic heterocycles. The first-order valence-electron chi connectivity index (χ1n) is 10.1. The van der Waals surface area contributed by atoms with Crippen molar-refractivity contribution in [3.8, 4) is 11.3 Å². The first kappa shape index (κ1) is 18.6. The van der Waals surface area contributed by atoms with Crippen LogP contribution in [0.15, 0.2) is 42.6 Å². The highest BCUT2D eigenvalue weighted by Crippen LogP contribution is 2.26. The third kappa shape index (κ3) is 3.78. The zero-order valence-corrected chi connectivity index (χ0v) is 16.5. The number of hydrogen-bond donors (Lipinski definition) is 2. The summed E-state index contributed by atoms with van der Waals surface area (Å²) in [6.07, 6.45) is 4.08. The zero-order chi connectivity index (χ0) is 19.5. The van der Waals surface area contributed by atoms with Crippen LogP contribution in [0.3, 0.4) is 0 Å². The van der Waals surface area contributed by atoms with Crippen LogP contribution in [0.2, 0.25) is 0 Å². The topological polar surface area (TPSA) is 71.8 Å². The van der Waals surface area contributed by atoms with Crippen LogP contribution in [-0.2, 0) is 0 Å². The van der Waals surface area contributed by atoms with Crippen LogP contribution < -0.4 is 10.6 Å². The van der Waals surface area contributed by atoms with Crippen LogP contribution in [0.5, 0.6) is 0 Å². The van der Waals surface area contributed by atoms with E-state index in [1.54, 1.807) is 6.20 Å². The summed E-state index contributed by atoms with van der Waals surface area (Å²) < 4.78 is 1.88. The molecule has 2 N–H and O–H groups in total. The number of carbonyl (C=O) groups excluding carboxylic acids is 1. The van der Waals surface area contributed by atoms with Crippen LogP contribution in [0, 0.1) is 5.92 Å². The van der Waals surface area contributed by atoms with Gasteiger partial charge in [-0.15, -0.1) is 0 Å². The second-order valence-electron chi connectivity index (χ2n) is 7.76. The number of piperidine rings is 1. The number of fused-ring (bicyclic) bond motifs is 1. The molecule has 28 heavy (non-hydrogen) atoms. The first-order valence-corrected chi connectivity index (χ1v) is 10.1. The Bertz CT molecular complexity index is 958. The minimum absolute atomic E-state index is 0.0570. The largest absolute Gasteiger partial charge is 0.352 e. The Morgan fingerprint density at radius 1 is 1.32 bits per heavy atom. The monoisotopic (exact) mass is 377 g/mol. The number of benzene rings is 1. The summed E-state index contributed by atoms with van der Waals surface area (Å²) in [5.74, 6) is 0.431. The van der Waals surface area contributed by atoms with E-state index in [9.17, 15) is 4.79 Å². The Hall–Kier alpha value is -2.73. The highest BCUT2D eigenvalue weighted by Gasteiger charge is 2.20. The SMILES string of the molecule is CC(C)n1ncc2c(C(=O)NCC3CCCNC3)cc(-c3ccccc3)nc21. The van der Waals surface area contributed by atoms with Gasteiger partial charge in [0, 0.05) is 18.2 Å². The summed E-state index contributed by atoms with van der Waals surface area (Å²) in [5, 5.41) is 11.8. The molecule has 2 aromatic heterocycles. The lowest BCUT2D eigenvalue weighted by molar-refractivity contribution is 0.0946. The quantitative estimate of drug-likeness (QED) is 0.715. The predicted octanol–water partition coefficient (Wildman–Crippen LogP) is 3.41. The average Bonchev–Trinajstić information content (AvgIpc) is 3.17. The van der Waals surface area contributed by atoms with Gasteiger partial charge in [0.2, 0.25) is 0 Å². The summed E-state index contributed by atoms with van der Waals surface area (Å²) in [6, 6.07) is 12.0. The molecule has 1 fully saturated rings. The maximum absolute atomic E-state index is 13.1.